The van der Waals surface area contributed by atoms with Crippen LogP contribution in [0, 0.1) is 0 Å². The van der Waals surface area contributed by atoms with Crippen LogP contribution in [-0.2, 0) is 11.3 Å². The predicted molar refractivity (Wildman–Crippen MR) is 67.6 cm³/mol. The summed E-state index contributed by atoms with van der Waals surface area (Å²) in [5, 5.41) is 7.33. The van der Waals surface area contributed by atoms with Crippen molar-refractivity contribution in [2.24, 2.45) is 0 Å². The van der Waals surface area contributed by atoms with Gasteiger partial charge in [0.05, 0.1) is 13.1 Å². The number of nitrogens with zero attached hydrogens (tertiary/aromatic N) is 3. The van der Waals surface area contributed by atoms with Gasteiger partial charge in [-0.2, -0.15) is 5.10 Å². The second-order valence-corrected chi connectivity index (χ2v) is 4.61. The summed E-state index contributed by atoms with van der Waals surface area (Å²) in [7, 11) is 1.83. The highest BCUT2D eigenvalue weighted by Crippen LogP contribution is 1.95. The summed E-state index contributed by atoms with van der Waals surface area (Å²) in [4.78, 5) is 13.5. The van der Waals surface area contributed by atoms with Crippen LogP contribution in [0.3, 0.4) is 0 Å². The van der Waals surface area contributed by atoms with Gasteiger partial charge in [-0.05, 0) is 26.8 Å². The van der Waals surface area contributed by atoms with Crippen LogP contribution in [-0.4, -0.2) is 46.3 Å². The maximum absolute atomic E-state index is 11.7. The van der Waals surface area contributed by atoms with Crippen LogP contribution in [0.5, 0.6) is 0 Å². The van der Waals surface area contributed by atoms with Crippen LogP contribution in [0.15, 0.2) is 18.5 Å². The molecule has 1 heterocycles. The van der Waals surface area contributed by atoms with Crippen molar-refractivity contribution in [2.75, 3.05) is 13.6 Å². The van der Waals surface area contributed by atoms with E-state index < -0.39 is 0 Å². The molecule has 1 amide bonds. The molecule has 1 aromatic heterocycles. The van der Waals surface area contributed by atoms with Crippen LogP contribution in [0.4, 0.5) is 0 Å². The van der Waals surface area contributed by atoms with Crippen LogP contribution in [0.1, 0.15) is 20.8 Å². The lowest BCUT2D eigenvalue weighted by molar-refractivity contribution is -0.130. The van der Waals surface area contributed by atoms with E-state index in [2.05, 4.69) is 10.4 Å². The first kappa shape index (κ1) is 13.7. The summed E-state index contributed by atoms with van der Waals surface area (Å²) >= 11 is 0. The molecular formula is C12H22N4O. The molecule has 0 fully saturated rings. The third kappa shape index (κ3) is 4.56. The minimum absolute atomic E-state index is 0.118. The topological polar surface area (TPSA) is 50.2 Å². The quantitative estimate of drug-likeness (QED) is 0.795. The SMILES string of the molecule is CC(Cn1cccn1)NCC(=O)N(C)C(C)C. The largest absolute Gasteiger partial charge is 0.342 e. The first-order valence-electron chi connectivity index (χ1n) is 5.97. The molecule has 0 aromatic carbocycles. The van der Waals surface area contributed by atoms with E-state index >= 15 is 0 Å². The van der Waals surface area contributed by atoms with Gasteiger partial charge < -0.3 is 10.2 Å². The summed E-state index contributed by atoms with van der Waals surface area (Å²) in [5.74, 6) is 0.118. The van der Waals surface area contributed by atoms with Gasteiger partial charge in [0.15, 0.2) is 0 Å². The van der Waals surface area contributed by atoms with Crippen LogP contribution in [0.2, 0.25) is 0 Å². The minimum Gasteiger partial charge on any atom is -0.342 e. The fourth-order valence-corrected chi connectivity index (χ4v) is 1.43. The number of amides is 1. The maximum Gasteiger partial charge on any atom is 0.236 e. The zero-order valence-corrected chi connectivity index (χ0v) is 11.1. The smallest absolute Gasteiger partial charge is 0.236 e. The lowest BCUT2D eigenvalue weighted by Gasteiger charge is -2.22. The average Bonchev–Trinajstić information content (AvgIpc) is 2.77. The lowest BCUT2D eigenvalue weighted by atomic mass is 10.3. The Morgan fingerprint density at radius 3 is 2.71 bits per heavy atom. The zero-order chi connectivity index (χ0) is 12.8. The van der Waals surface area contributed by atoms with Crippen molar-refractivity contribution < 1.29 is 4.79 Å². The molecular weight excluding hydrogens is 216 g/mol. The maximum atomic E-state index is 11.7. The molecule has 0 aliphatic heterocycles. The van der Waals surface area contributed by atoms with Crippen LogP contribution >= 0.6 is 0 Å². The Kier molecular flexibility index (Phi) is 5.15. The Morgan fingerprint density at radius 1 is 1.47 bits per heavy atom. The highest BCUT2D eigenvalue weighted by molar-refractivity contribution is 5.78. The third-order valence-corrected chi connectivity index (χ3v) is 2.79. The summed E-state index contributed by atoms with van der Waals surface area (Å²) < 4.78 is 1.86. The van der Waals surface area contributed by atoms with E-state index in [0.29, 0.717) is 6.54 Å². The highest BCUT2D eigenvalue weighted by atomic mass is 16.2. The minimum atomic E-state index is 0.118. The second-order valence-electron chi connectivity index (χ2n) is 4.61. The van der Waals surface area contributed by atoms with E-state index in [9.17, 15) is 4.79 Å². The van der Waals surface area contributed by atoms with Gasteiger partial charge in [-0.25, -0.2) is 0 Å². The van der Waals surface area contributed by atoms with E-state index in [-0.39, 0.29) is 18.0 Å². The van der Waals surface area contributed by atoms with Crippen molar-refractivity contribution in [1.82, 2.24) is 20.0 Å². The van der Waals surface area contributed by atoms with Gasteiger partial charge in [-0.3, -0.25) is 9.48 Å². The molecule has 0 saturated heterocycles. The predicted octanol–water partition coefficient (Wildman–Crippen LogP) is 0.728. The van der Waals surface area contributed by atoms with Crippen molar-refractivity contribution in [1.29, 1.82) is 0 Å². The van der Waals surface area contributed by atoms with Gasteiger partial charge in [0.1, 0.15) is 0 Å². The summed E-state index contributed by atoms with van der Waals surface area (Å²) in [6.07, 6.45) is 3.67. The van der Waals surface area contributed by atoms with Crippen molar-refractivity contribution >= 4 is 5.91 Å². The summed E-state index contributed by atoms with van der Waals surface area (Å²) in [6, 6.07) is 2.36. The van der Waals surface area contributed by atoms with Gasteiger partial charge in [-0.15, -0.1) is 0 Å². The number of carbonyl (C=O) groups excluding carboxylic acids is 1. The van der Waals surface area contributed by atoms with Gasteiger partial charge in [0.2, 0.25) is 5.91 Å². The Bertz CT molecular complexity index is 334. The Morgan fingerprint density at radius 2 is 2.18 bits per heavy atom. The second kappa shape index (κ2) is 6.39. The van der Waals surface area contributed by atoms with Crippen molar-refractivity contribution in [2.45, 2.75) is 39.4 Å². The van der Waals surface area contributed by atoms with Crippen LogP contribution < -0.4 is 5.32 Å². The van der Waals surface area contributed by atoms with Gasteiger partial charge in [-0.1, -0.05) is 0 Å². The third-order valence-electron chi connectivity index (χ3n) is 2.79. The molecule has 96 valence electrons. The number of hydrogen-bond donors (Lipinski definition) is 1. The van der Waals surface area contributed by atoms with E-state index in [4.69, 9.17) is 0 Å². The lowest BCUT2D eigenvalue weighted by Crippen LogP contribution is -2.42. The number of nitrogens with one attached hydrogen (secondary N) is 1. The highest BCUT2D eigenvalue weighted by Gasteiger charge is 2.12. The first-order chi connectivity index (χ1) is 8.00. The molecule has 17 heavy (non-hydrogen) atoms. The van der Waals surface area contributed by atoms with Gasteiger partial charge >= 0.3 is 0 Å². The average molecular weight is 238 g/mol. The Balaban J connectivity index is 2.28. The number of hydrogen-bond acceptors (Lipinski definition) is 3. The fourth-order valence-electron chi connectivity index (χ4n) is 1.43. The molecule has 1 rings (SSSR count). The van der Waals surface area contributed by atoms with E-state index in [1.807, 2.05) is 44.8 Å². The number of carbonyl (C=O) groups is 1. The van der Waals surface area contributed by atoms with E-state index in [0.717, 1.165) is 6.54 Å². The van der Waals surface area contributed by atoms with E-state index in [1.165, 1.54) is 0 Å². The number of aromatic nitrogens is 2. The monoisotopic (exact) mass is 238 g/mol. The molecule has 1 N–H and O–H groups in total. The van der Waals surface area contributed by atoms with Crippen LogP contribution in [0.25, 0.3) is 0 Å². The molecule has 5 heteroatoms. The van der Waals surface area contributed by atoms with Crippen molar-refractivity contribution in [3.63, 3.8) is 0 Å². The molecule has 0 saturated carbocycles. The molecule has 0 bridgehead atoms. The normalized spacial score (nSPS) is 12.8. The number of likely N-dealkylation sites (N-methyl/N-ethyl adjacent to an activating group) is 1. The number of rotatable bonds is 6. The molecule has 1 aromatic rings. The fraction of sp³-hybridized carbons (Fsp3) is 0.667. The Labute approximate surface area is 103 Å². The first-order valence-corrected chi connectivity index (χ1v) is 5.97. The molecule has 0 aliphatic carbocycles. The molecule has 1 unspecified atom stereocenters. The molecule has 0 radical (unpaired) electrons. The van der Waals surface area contributed by atoms with Gasteiger partial charge in [0.25, 0.3) is 0 Å². The van der Waals surface area contributed by atoms with Gasteiger partial charge in [0, 0.05) is 31.5 Å². The molecule has 0 aliphatic rings. The summed E-state index contributed by atoms with van der Waals surface area (Å²) in [6.45, 7) is 7.20. The molecule has 0 spiro atoms. The Hall–Kier alpha value is -1.36. The van der Waals surface area contributed by atoms with E-state index in [1.54, 1.807) is 11.1 Å². The van der Waals surface area contributed by atoms with Crippen molar-refractivity contribution in [3.8, 4) is 0 Å². The van der Waals surface area contributed by atoms with Crippen molar-refractivity contribution in [3.05, 3.63) is 18.5 Å². The molecule has 1 atom stereocenters. The zero-order valence-electron chi connectivity index (χ0n) is 11.1. The summed E-state index contributed by atoms with van der Waals surface area (Å²) in [5.41, 5.74) is 0. The molecule has 5 nitrogen and oxygen atoms in total. The standard InChI is InChI=1S/C12H22N4O/c1-10(2)15(4)12(17)8-13-11(3)9-16-7-5-6-14-16/h5-7,10-11,13H,8-9H2,1-4H3.